The van der Waals surface area contributed by atoms with E-state index in [1.54, 1.807) is 0 Å². The Balaban J connectivity index is 1.62. The van der Waals surface area contributed by atoms with Gasteiger partial charge in [0, 0.05) is 6.54 Å². The van der Waals surface area contributed by atoms with Gasteiger partial charge in [-0.1, -0.05) is 42.5 Å². The molecule has 0 fully saturated rings. The van der Waals surface area contributed by atoms with Gasteiger partial charge in [-0.25, -0.2) is 4.98 Å². The molecule has 3 aromatic carbocycles. The van der Waals surface area contributed by atoms with Crippen LogP contribution in [0.2, 0.25) is 0 Å². The third-order valence-corrected chi connectivity index (χ3v) is 4.14. The van der Waals surface area contributed by atoms with Gasteiger partial charge in [-0.15, -0.1) is 0 Å². The number of aromatic nitrogens is 2. The van der Waals surface area contributed by atoms with Gasteiger partial charge in [0.15, 0.2) is 0 Å². The van der Waals surface area contributed by atoms with E-state index in [0.717, 1.165) is 29.2 Å². The summed E-state index contributed by atoms with van der Waals surface area (Å²) in [6, 6.07) is 22.7. The summed E-state index contributed by atoms with van der Waals surface area (Å²) < 4.78 is 8.19. The van der Waals surface area contributed by atoms with Crippen molar-refractivity contribution in [2.75, 3.05) is 0 Å². The second-order valence-corrected chi connectivity index (χ2v) is 5.56. The van der Waals surface area contributed by atoms with E-state index in [4.69, 9.17) is 9.72 Å². The quantitative estimate of drug-likeness (QED) is 0.542. The summed E-state index contributed by atoms with van der Waals surface area (Å²) in [5.41, 5.74) is 2.18. The van der Waals surface area contributed by atoms with Crippen LogP contribution in [0.4, 0.5) is 0 Å². The number of ether oxygens (including phenoxy) is 1. The largest absolute Gasteiger partial charge is 0.486 e. The van der Waals surface area contributed by atoms with Crippen LogP contribution in [0.15, 0.2) is 66.7 Å². The SMILES string of the molecule is CCn1c(COc2ccc3ccccc3c2)nc2ccccc21. The standard InChI is InChI=1S/C20H18N2O/c1-2-22-19-10-6-5-9-18(19)21-20(22)14-23-17-12-11-15-7-3-4-8-16(15)13-17/h3-13H,2,14H2,1H3. The van der Waals surface area contributed by atoms with Crippen molar-refractivity contribution in [2.24, 2.45) is 0 Å². The highest BCUT2D eigenvalue weighted by Crippen LogP contribution is 2.22. The molecule has 4 rings (SSSR count). The van der Waals surface area contributed by atoms with E-state index in [2.05, 4.69) is 41.8 Å². The third kappa shape index (κ3) is 2.55. The summed E-state index contributed by atoms with van der Waals surface area (Å²) >= 11 is 0. The molecule has 4 aromatic rings. The van der Waals surface area contributed by atoms with Crippen LogP contribution in [0.5, 0.6) is 5.75 Å². The van der Waals surface area contributed by atoms with Gasteiger partial charge in [0.05, 0.1) is 11.0 Å². The van der Waals surface area contributed by atoms with Crippen molar-refractivity contribution in [1.29, 1.82) is 0 Å². The molecule has 1 heterocycles. The number of nitrogens with zero attached hydrogens (tertiary/aromatic N) is 2. The molecule has 0 bridgehead atoms. The van der Waals surface area contributed by atoms with Gasteiger partial charge >= 0.3 is 0 Å². The average molecular weight is 302 g/mol. The van der Waals surface area contributed by atoms with Crippen molar-refractivity contribution >= 4 is 21.8 Å². The fraction of sp³-hybridized carbons (Fsp3) is 0.150. The van der Waals surface area contributed by atoms with Crippen molar-refractivity contribution in [1.82, 2.24) is 9.55 Å². The maximum Gasteiger partial charge on any atom is 0.147 e. The summed E-state index contributed by atoms with van der Waals surface area (Å²) in [5, 5.41) is 2.41. The topological polar surface area (TPSA) is 27.1 Å². The summed E-state index contributed by atoms with van der Waals surface area (Å²) in [6.07, 6.45) is 0. The van der Waals surface area contributed by atoms with Gasteiger partial charge in [0.2, 0.25) is 0 Å². The van der Waals surface area contributed by atoms with Crippen LogP contribution < -0.4 is 4.74 Å². The van der Waals surface area contributed by atoms with Gasteiger partial charge in [0.1, 0.15) is 18.2 Å². The molecule has 0 N–H and O–H groups in total. The highest BCUT2D eigenvalue weighted by molar-refractivity contribution is 5.83. The molecule has 3 nitrogen and oxygen atoms in total. The Morgan fingerprint density at radius 1 is 0.913 bits per heavy atom. The second-order valence-electron chi connectivity index (χ2n) is 5.56. The van der Waals surface area contributed by atoms with Gasteiger partial charge in [0.25, 0.3) is 0 Å². The smallest absolute Gasteiger partial charge is 0.147 e. The summed E-state index contributed by atoms with van der Waals surface area (Å²) in [6.45, 7) is 3.49. The van der Waals surface area contributed by atoms with E-state index in [0.29, 0.717) is 6.61 Å². The highest BCUT2D eigenvalue weighted by atomic mass is 16.5. The molecule has 1 aromatic heterocycles. The van der Waals surface area contributed by atoms with Crippen LogP contribution >= 0.6 is 0 Å². The molecule has 0 unspecified atom stereocenters. The normalized spacial score (nSPS) is 11.2. The molecule has 0 saturated carbocycles. The second kappa shape index (κ2) is 5.76. The molecular weight excluding hydrogens is 284 g/mol. The Morgan fingerprint density at radius 3 is 2.57 bits per heavy atom. The van der Waals surface area contributed by atoms with Gasteiger partial charge in [-0.05, 0) is 42.0 Å². The average Bonchev–Trinajstić information content (AvgIpc) is 2.97. The molecule has 0 aliphatic carbocycles. The van der Waals surface area contributed by atoms with E-state index in [-0.39, 0.29) is 0 Å². The van der Waals surface area contributed by atoms with Crippen molar-refractivity contribution in [2.45, 2.75) is 20.1 Å². The molecule has 0 atom stereocenters. The summed E-state index contributed by atoms with van der Waals surface area (Å²) in [5.74, 6) is 1.83. The minimum absolute atomic E-state index is 0.473. The predicted octanol–water partition coefficient (Wildman–Crippen LogP) is 4.79. The van der Waals surface area contributed by atoms with Gasteiger partial charge in [-0.3, -0.25) is 0 Å². The van der Waals surface area contributed by atoms with Crippen LogP contribution in [-0.2, 0) is 13.2 Å². The minimum atomic E-state index is 0.473. The Bertz CT molecular complexity index is 972. The number of aryl methyl sites for hydroxylation is 1. The molecule has 23 heavy (non-hydrogen) atoms. The van der Waals surface area contributed by atoms with Crippen LogP contribution in [0, 0.1) is 0 Å². The van der Waals surface area contributed by atoms with Crippen molar-refractivity contribution in [3.05, 3.63) is 72.6 Å². The highest BCUT2D eigenvalue weighted by Gasteiger charge is 2.09. The summed E-state index contributed by atoms with van der Waals surface area (Å²) in [4.78, 5) is 4.70. The number of para-hydroxylation sites is 2. The first-order valence-corrected chi connectivity index (χ1v) is 7.91. The van der Waals surface area contributed by atoms with E-state index in [1.807, 2.05) is 36.4 Å². The number of hydrogen-bond donors (Lipinski definition) is 0. The van der Waals surface area contributed by atoms with Crippen LogP contribution in [0.3, 0.4) is 0 Å². The molecular formula is C20H18N2O. The fourth-order valence-corrected chi connectivity index (χ4v) is 2.99. The van der Waals surface area contributed by atoms with Crippen molar-refractivity contribution in [3.63, 3.8) is 0 Å². The lowest BCUT2D eigenvalue weighted by atomic mass is 10.1. The molecule has 0 amide bonds. The lowest BCUT2D eigenvalue weighted by Crippen LogP contribution is -2.05. The predicted molar refractivity (Wildman–Crippen MR) is 93.7 cm³/mol. The number of hydrogen-bond acceptors (Lipinski definition) is 2. The molecule has 0 saturated heterocycles. The number of imidazole rings is 1. The first-order chi connectivity index (χ1) is 11.3. The van der Waals surface area contributed by atoms with Crippen molar-refractivity contribution < 1.29 is 4.74 Å². The van der Waals surface area contributed by atoms with E-state index in [9.17, 15) is 0 Å². The maximum absolute atomic E-state index is 5.99. The molecule has 0 aliphatic rings. The lowest BCUT2D eigenvalue weighted by Gasteiger charge is -2.09. The number of rotatable bonds is 4. The van der Waals surface area contributed by atoms with Crippen molar-refractivity contribution in [3.8, 4) is 5.75 Å². The number of fused-ring (bicyclic) bond motifs is 2. The first kappa shape index (κ1) is 13.8. The monoisotopic (exact) mass is 302 g/mol. The van der Waals surface area contributed by atoms with Crippen LogP contribution in [0.1, 0.15) is 12.7 Å². The van der Waals surface area contributed by atoms with E-state index < -0.39 is 0 Å². The zero-order valence-corrected chi connectivity index (χ0v) is 13.1. The van der Waals surface area contributed by atoms with E-state index in [1.165, 1.54) is 10.8 Å². The van der Waals surface area contributed by atoms with Crippen LogP contribution in [-0.4, -0.2) is 9.55 Å². The zero-order valence-electron chi connectivity index (χ0n) is 13.1. The Morgan fingerprint density at radius 2 is 1.70 bits per heavy atom. The first-order valence-electron chi connectivity index (χ1n) is 7.91. The third-order valence-electron chi connectivity index (χ3n) is 4.14. The Labute approximate surface area is 135 Å². The molecule has 114 valence electrons. The van der Waals surface area contributed by atoms with Gasteiger partial charge < -0.3 is 9.30 Å². The minimum Gasteiger partial charge on any atom is -0.486 e. The molecule has 0 aliphatic heterocycles. The molecule has 0 spiro atoms. The fourth-order valence-electron chi connectivity index (χ4n) is 2.99. The Hall–Kier alpha value is -2.81. The zero-order chi connectivity index (χ0) is 15.6. The molecule has 0 radical (unpaired) electrons. The van der Waals surface area contributed by atoms with E-state index >= 15 is 0 Å². The van der Waals surface area contributed by atoms with Gasteiger partial charge in [-0.2, -0.15) is 0 Å². The Kier molecular flexibility index (Phi) is 3.46. The maximum atomic E-state index is 5.99. The van der Waals surface area contributed by atoms with Crippen LogP contribution in [0.25, 0.3) is 21.8 Å². The summed E-state index contributed by atoms with van der Waals surface area (Å²) in [7, 11) is 0. The lowest BCUT2D eigenvalue weighted by molar-refractivity contribution is 0.291. The molecule has 3 heteroatoms. The number of benzene rings is 3.